The van der Waals surface area contributed by atoms with E-state index >= 15 is 0 Å². The van der Waals surface area contributed by atoms with Crippen molar-refractivity contribution >= 4 is 43.9 Å². The molecule has 0 aliphatic carbocycles. The quantitative estimate of drug-likeness (QED) is 0.171. The van der Waals surface area contributed by atoms with Gasteiger partial charge in [-0.3, -0.25) is 4.98 Å². The first-order chi connectivity index (χ1) is 27.7. The van der Waals surface area contributed by atoms with Crippen molar-refractivity contribution < 1.29 is 8.83 Å². The van der Waals surface area contributed by atoms with Crippen LogP contribution in [0.5, 0.6) is 0 Å². The Morgan fingerprint density at radius 3 is 1.66 bits per heavy atom. The van der Waals surface area contributed by atoms with Crippen molar-refractivity contribution in [2.24, 2.45) is 0 Å². The molecule has 0 saturated heterocycles. The third-order valence-electron chi connectivity index (χ3n) is 10.6. The second-order valence-corrected chi connectivity index (χ2v) is 13.9. The molecular formula is C51H31N3O2. The Morgan fingerprint density at radius 1 is 0.339 bits per heavy atom. The summed E-state index contributed by atoms with van der Waals surface area (Å²) >= 11 is 0. The molecule has 4 heterocycles. The monoisotopic (exact) mass is 717 g/mol. The molecule has 0 radical (unpaired) electrons. The molecule has 0 aliphatic heterocycles. The van der Waals surface area contributed by atoms with Crippen LogP contribution in [-0.4, -0.2) is 15.0 Å². The van der Waals surface area contributed by atoms with Crippen LogP contribution in [0, 0.1) is 0 Å². The molecule has 0 atom stereocenters. The lowest BCUT2D eigenvalue weighted by atomic mass is 9.93. The summed E-state index contributed by atoms with van der Waals surface area (Å²) in [5.74, 6) is 0.657. The molecule has 11 aromatic rings. The highest BCUT2D eigenvalue weighted by Crippen LogP contribution is 2.45. The first-order valence-corrected chi connectivity index (χ1v) is 18.7. The molecular weight excluding hydrogens is 687 g/mol. The molecule has 0 amide bonds. The molecule has 0 aliphatic rings. The van der Waals surface area contributed by atoms with Crippen molar-refractivity contribution in [1.82, 2.24) is 15.0 Å². The van der Waals surface area contributed by atoms with Crippen LogP contribution in [0.4, 0.5) is 0 Å². The minimum Gasteiger partial charge on any atom is -0.455 e. The van der Waals surface area contributed by atoms with Gasteiger partial charge in [-0.25, -0.2) is 9.97 Å². The maximum absolute atomic E-state index is 6.69. The van der Waals surface area contributed by atoms with Crippen LogP contribution in [-0.2, 0) is 0 Å². The molecule has 262 valence electrons. The Balaban J connectivity index is 1.02. The summed E-state index contributed by atoms with van der Waals surface area (Å²) in [6.07, 6.45) is 1.82. The van der Waals surface area contributed by atoms with E-state index in [9.17, 15) is 0 Å². The predicted octanol–water partition coefficient (Wildman–Crippen LogP) is 13.7. The maximum Gasteiger partial charge on any atom is 0.160 e. The Morgan fingerprint density at radius 2 is 0.911 bits per heavy atom. The lowest BCUT2D eigenvalue weighted by Gasteiger charge is -2.11. The van der Waals surface area contributed by atoms with Crippen molar-refractivity contribution in [3.8, 4) is 67.4 Å². The zero-order valence-corrected chi connectivity index (χ0v) is 30.1. The number of hydrogen-bond acceptors (Lipinski definition) is 5. The SMILES string of the molecule is c1ccc(-c2cc(-c3ccc(-c4ccccn4)cc3)nc(-c3ccc(-c4ccc(-c5cccc6c5oc5ccccc56)c5c4oc4ccccc45)cc3)n2)cc1. The number of para-hydroxylation sites is 3. The largest absolute Gasteiger partial charge is 0.455 e. The predicted molar refractivity (Wildman–Crippen MR) is 227 cm³/mol. The molecule has 0 N–H and O–H groups in total. The van der Waals surface area contributed by atoms with Gasteiger partial charge in [0, 0.05) is 61.1 Å². The van der Waals surface area contributed by atoms with Crippen LogP contribution in [0.15, 0.2) is 197 Å². The van der Waals surface area contributed by atoms with Gasteiger partial charge in [0.15, 0.2) is 5.82 Å². The summed E-state index contributed by atoms with van der Waals surface area (Å²) in [4.78, 5) is 14.7. The highest BCUT2D eigenvalue weighted by molar-refractivity contribution is 6.19. The minimum atomic E-state index is 0.657. The number of fused-ring (bicyclic) bond motifs is 6. The van der Waals surface area contributed by atoms with Crippen LogP contribution in [0.3, 0.4) is 0 Å². The zero-order chi connectivity index (χ0) is 37.0. The van der Waals surface area contributed by atoms with Gasteiger partial charge in [0.1, 0.15) is 22.3 Å². The van der Waals surface area contributed by atoms with Crippen molar-refractivity contribution in [2.75, 3.05) is 0 Å². The molecule has 7 aromatic carbocycles. The van der Waals surface area contributed by atoms with E-state index in [4.69, 9.17) is 18.8 Å². The Labute approximate surface area is 322 Å². The molecule has 0 fully saturated rings. The average Bonchev–Trinajstić information content (AvgIpc) is 3.86. The molecule has 0 bridgehead atoms. The van der Waals surface area contributed by atoms with Gasteiger partial charge in [-0.05, 0) is 47.5 Å². The standard InChI is InChI=1S/C51H31N3O2/c1-2-11-33(12-3-1)44-31-45(35-24-22-34(23-25-35)43-17-8-9-30-52-43)54-51(53-44)36-26-20-32(21-27-36)37-28-29-39(48-42-14-5-7-19-47(42)56-50(37)48)41-16-10-15-40-38-13-4-6-18-46(38)55-49(40)41/h1-31H. The highest BCUT2D eigenvalue weighted by Gasteiger charge is 2.21. The number of rotatable bonds is 6. The number of furan rings is 2. The Kier molecular flexibility index (Phi) is 7.42. The van der Waals surface area contributed by atoms with Gasteiger partial charge in [-0.2, -0.15) is 0 Å². The first kappa shape index (κ1) is 31.9. The molecule has 0 saturated carbocycles. The van der Waals surface area contributed by atoms with Gasteiger partial charge < -0.3 is 8.83 Å². The molecule has 5 nitrogen and oxygen atoms in total. The average molecular weight is 718 g/mol. The molecule has 0 unspecified atom stereocenters. The topological polar surface area (TPSA) is 65.0 Å². The lowest BCUT2D eigenvalue weighted by Crippen LogP contribution is -1.96. The van der Waals surface area contributed by atoms with Crippen LogP contribution in [0.1, 0.15) is 0 Å². The number of benzene rings is 7. The van der Waals surface area contributed by atoms with Gasteiger partial charge in [0.05, 0.1) is 17.1 Å². The Bertz CT molecular complexity index is 3220. The van der Waals surface area contributed by atoms with Crippen LogP contribution in [0.25, 0.3) is 111 Å². The van der Waals surface area contributed by atoms with E-state index in [1.165, 1.54) is 0 Å². The molecule has 56 heavy (non-hydrogen) atoms. The van der Waals surface area contributed by atoms with Gasteiger partial charge in [-0.1, -0.05) is 146 Å². The third-order valence-corrected chi connectivity index (χ3v) is 10.6. The van der Waals surface area contributed by atoms with Crippen molar-refractivity contribution in [3.05, 3.63) is 188 Å². The van der Waals surface area contributed by atoms with E-state index < -0.39 is 0 Å². The minimum absolute atomic E-state index is 0.657. The highest BCUT2D eigenvalue weighted by atomic mass is 16.3. The van der Waals surface area contributed by atoms with Crippen LogP contribution in [0.2, 0.25) is 0 Å². The summed E-state index contributed by atoms with van der Waals surface area (Å²) in [7, 11) is 0. The molecule has 4 aromatic heterocycles. The summed E-state index contributed by atoms with van der Waals surface area (Å²) in [6, 6.07) is 62.4. The second kappa shape index (κ2) is 13.0. The normalized spacial score (nSPS) is 11.6. The number of pyridine rings is 1. The van der Waals surface area contributed by atoms with Crippen LogP contribution < -0.4 is 0 Å². The van der Waals surface area contributed by atoms with Crippen molar-refractivity contribution in [1.29, 1.82) is 0 Å². The van der Waals surface area contributed by atoms with E-state index in [-0.39, 0.29) is 0 Å². The van der Waals surface area contributed by atoms with Crippen LogP contribution >= 0.6 is 0 Å². The van der Waals surface area contributed by atoms with E-state index in [0.717, 1.165) is 105 Å². The zero-order valence-electron chi connectivity index (χ0n) is 30.1. The molecule has 11 rings (SSSR count). The molecule has 0 spiro atoms. The van der Waals surface area contributed by atoms with Gasteiger partial charge >= 0.3 is 0 Å². The summed E-state index contributed by atoms with van der Waals surface area (Å²) < 4.78 is 13.2. The maximum atomic E-state index is 6.69. The fraction of sp³-hybridized carbons (Fsp3) is 0. The summed E-state index contributed by atoms with van der Waals surface area (Å²) in [6.45, 7) is 0. The fourth-order valence-corrected chi connectivity index (χ4v) is 7.86. The lowest BCUT2D eigenvalue weighted by molar-refractivity contribution is 0.669. The van der Waals surface area contributed by atoms with E-state index in [2.05, 4.69) is 126 Å². The first-order valence-electron chi connectivity index (χ1n) is 18.7. The summed E-state index contributed by atoms with van der Waals surface area (Å²) in [5, 5.41) is 4.34. The van der Waals surface area contributed by atoms with Crippen molar-refractivity contribution in [3.63, 3.8) is 0 Å². The van der Waals surface area contributed by atoms with E-state index in [1.807, 2.05) is 66.9 Å². The van der Waals surface area contributed by atoms with E-state index in [0.29, 0.717) is 5.82 Å². The molecule has 5 heteroatoms. The summed E-state index contributed by atoms with van der Waals surface area (Å²) in [5.41, 5.74) is 14.3. The second-order valence-electron chi connectivity index (χ2n) is 13.9. The number of nitrogens with zero attached hydrogens (tertiary/aromatic N) is 3. The van der Waals surface area contributed by atoms with Gasteiger partial charge in [0.25, 0.3) is 0 Å². The third kappa shape index (κ3) is 5.37. The van der Waals surface area contributed by atoms with Gasteiger partial charge in [-0.15, -0.1) is 0 Å². The van der Waals surface area contributed by atoms with Crippen molar-refractivity contribution in [2.45, 2.75) is 0 Å². The Hall–Kier alpha value is -7.63. The fourth-order valence-electron chi connectivity index (χ4n) is 7.86. The number of hydrogen-bond donors (Lipinski definition) is 0. The van der Waals surface area contributed by atoms with E-state index in [1.54, 1.807) is 0 Å². The smallest absolute Gasteiger partial charge is 0.160 e. The van der Waals surface area contributed by atoms with Gasteiger partial charge in [0.2, 0.25) is 0 Å². The number of aromatic nitrogens is 3.